The predicted octanol–water partition coefficient (Wildman–Crippen LogP) is 2.29. The molecular formula is C9H8INO2. The Balaban J connectivity index is 2.83. The molecule has 0 radical (unpaired) electrons. The van der Waals surface area contributed by atoms with Gasteiger partial charge in [-0.2, -0.15) is 0 Å². The molecule has 0 amide bonds. The number of hydrogen-bond acceptors (Lipinski definition) is 2. The molecule has 2 rings (SSSR count). The summed E-state index contributed by atoms with van der Waals surface area (Å²) < 4.78 is 5.80. The lowest BCUT2D eigenvalue weighted by atomic mass is 10.1. The molecule has 0 saturated carbocycles. The third-order valence-corrected chi connectivity index (χ3v) is 3.05. The van der Waals surface area contributed by atoms with E-state index in [0.29, 0.717) is 5.39 Å². The molecule has 0 saturated heterocycles. The Bertz CT molecular complexity index is 498. The zero-order valence-electron chi connectivity index (χ0n) is 7.06. The number of aryl methyl sites for hydroxylation is 1. The predicted molar refractivity (Wildman–Crippen MR) is 58.9 cm³/mol. The van der Waals surface area contributed by atoms with E-state index in [4.69, 9.17) is 0 Å². The SMILES string of the molecule is CCc1cc2[nH]oc(=O)c2cc1I. The minimum atomic E-state index is -0.296. The maximum atomic E-state index is 11.1. The van der Waals surface area contributed by atoms with Crippen molar-refractivity contribution >= 4 is 33.5 Å². The van der Waals surface area contributed by atoms with Crippen LogP contribution < -0.4 is 5.63 Å². The van der Waals surface area contributed by atoms with E-state index in [-0.39, 0.29) is 5.63 Å². The van der Waals surface area contributed by atoms with Crippen molar-refractivity contribution in [3.63, 3.8) is 0 Å². The number of H-pyrrole nitrogens is 1. The molecule has 0 bridgehead atoms. The van der Waals surface area contributed by atoms with Crippen molar-refractivity contribution in [1.82, 2.24) is 5.16 Å². The summed E-state index contributed by atoms with van der Waals surface area (Å²) in [4.78, 5) is 11.1. The largest absolute Gasteiger partial charge is 0.365 e. The van der Waals surface area contributed by atoms with Gasteiger partial charge in [0, 0.05) is 3.57 Å². The van der Waals surface area contributed by atoms with E-state index in [2.05, 4.69) is 39.2 Å². The molecule has 13 heavy (non-hydrogen) atoms. The second kappa shape index (κ2) is 3.17. The summed E-state index contributed by atoms with van der Waals surface area (Å²) in [5, 5.41) is 3.23. The summed E-state index contributed by atoms with van der Waals surface area (Å²) in [5.74, 6) is 0. The smallest absolute Gasteiger partial charge is 0.338 e. The Hall–Kier alpha value is -0.780. The molecule has 0 aliphatic carbocycles. The van der Waals surface area contributed by atoms with Crippen LogP contribution in [0.4, 0.5) is 0 Å². The Morgan fingerprint density at radius 3 is 3.00 bits per heavy atom. The molecule has 3 nitrogen and oxygen atoms in total. The Labute approximate surface area is 88.2 Å². The molecule has 1 aromatic carbocycles. The summed E-state index contributed by atoms with van der Waals surface area (Å²) >= 11 is 2.23. The number of rotatable bonds is 1. The van der Waals surface area contributed by atoms with Crippen LogP contribution in [0.1, 0.15) is 12.5 Å². The van der Waals surface area contributed by atoms with Crippen LogP contribution in [0.15, 0.2) is 21.5 Å². The first-order valence-corrected chi connectivity index (χ1v) is 5.10. The van der Waals surface area contributed by atoms with Gasteiger partial charge in [-0.1, -0.05) is 6.92 Å². The number of halogens is 1. The standard InChI is InChI=1S/C9H8INO2/c1-2-5-3-8-6(4-7(5)10)9(12)13-11-8/h3-4,11H,2H2,1H3. The fraction of sp³-hybridized carbons (Fsp3) is 0.222. The van der Waals surface area contributed by atoms with E-state index >= 15 is 0 Å². The van der Waals surface area contributed by atoms with E-state index < -0.39 is 0 Å². The molecule has 0 aliphatic rings. The molecule has 0 spiro atoms. The highest BCUT2D eigenvalue weighted by molar-refractivity contribution is 14.1. The highest BCUT2D eigenvalue weighted by Gasteiger charge is 2.06. The van der Waals surface area contributed by atoms with Gasteiger partial charge in [-0.25, -0.2) is 9.95 Å². The Morgan fingerprint density at radius 1 is 1.54 bits per heavy atom. The van der Waals surface area contributed by atoms with E-state index in [0.717, 1.165) is 15.5 Å². The fourth-order valence-corrected chi connectivity index (χ4v) is 2.15. The molecule has 1 N–H and O–H groups in total. The summed E-state index contributed by atoms with van der Waals surface area (Å²) in [7, 11) is 0. The van der Waals surface area contributed by atoms with Gasteiger partial charge < -0.3 is 4.52 Å². The third kappa shape index (κ3) is 1.39. The van der Waals surface area contributed by atoms with Gasteiger partial charge in [0.15, 0.2) is 0 Å². The van der Waals surface area contributed by atoms with Crippen molar-refractivity contribution in [2.45, 2.75) is 13.3 Å². The van der Waals surface area contributed by atoms with Crippen molar-refractivity contribution in [2.75, 3.05) is 0 Å². The lowest BCUT2D eigenvalue weighted by molar-refractivity contribution is 0.400. The van der Waals surface area contributed by atoms with Gasteiger partial charge in [0.05, 0.1) is 10.9 Å². The quantitative estimate of drug-likeness (QED) is 0.819. The molecular weight excluding hydrogens is 281 g/mol. The van der Waals surface area contributed by atoms with Crippen LogP contribution in [0.25, 0.3) is 10.9 Å². The normalized spacial score (nSPS) is 10.9. The minimum absolute atomic E-state index is 0.296. The van der Waals surface area contributed by atoms with Crippen molar-refractivity contribution < 1.29 is 4.52 Å². The first-order chi connectivity index (χ1) is 6.22. The van der Waals surface area contributed by atoms with Gasteiger partial charge in [-0.15, -0.1) is 0 Å². The van der Waals surface area contributed by atoms with Crippen LogP contribution >= 0.6 is 22.6 Å². The number of fused-ring (bicyclic) bond motifs is 1. The zero-order chi connectivity index (χ0) is 9.42. The molecule has 1 aromatic heterocycles. The van der Waals surface area contributed by atoms with Crippen LogP contribution in [0.5, 0.6) is 0 Å². The molecule has 0 unspecified atom stereocenters. The number of aromatic amines is 1. The van der Waals surface area contributed by atoms with Gasteiger partial charge >= 0.3 is 5.63 Å². The lowest BCUT2D eigenvalue weighted by Gasteiger charge is -1.98. The van der Waals surface area contributed by atoms with Crippen LogP contribution in [0.2, 0.25) is 0 Å². The van der Waals surface area contributed by atoms with Gasteiger partial charge in [-0.05, 0) is 46.7 Å². The Kier molecular flexibility index (Phi) is 2.15. The van der Waals surface area contributed by atoms with Crippen LogP contribution in [-0.4, -0.2) is 5.16 Å². The molecule has 4 heteroatoms. The zero-order valence-corrected chi connectivity index (χ0v) is 9.21. The first kappa shape index (κ1) is 8.80. The number of nitrogens with one attached hydrogen (secondary N) is 1. The highest BCUT2D eigenvalue weighted by atomic mass is 127. The molecule has 2 aromatic rings. The first-order valence-electron chi connectivity index (χ1n) is 4.02. The second-order valence-electron chi connectivity index (χ2n) is 2.83. The number of hydrogen-bond donors (Lipinski definition) is 1. The van der Waals surface area contributed by atoms with Crippen LogP contribution in [-0.2, 0) is 6.42 Å². The van der Waals surface area contributed by atoms with E-state index in [1.807, 2.05) is 12.1 Å². The van der Waals surface area contributed by atoms with Crippen LogP contribution in [0, 0.1) is 3.57 Å². The topological polar surface area (TPSA) is 46.0 Å². The molecule has 0 atom stereocenters. The van der Waals surface area contributed by atoms with Crippen molar-refractivity contribution in [3.8, 4) is 0 Å². The monoisotopic (exact) mass is 289 g/mol. The highest BCUT2D eigenvalue weighted by Crippen LogP contribution is 2.18. The van der Waals surface area contributed by atoms with Gasteiger partial charge in [0.1, 0.15) is 0 Å². The van der Waals surface area contributed by atoms with Crippen molar-refractivity contribution in [1.29, 1.82) is 0 Å². The lowest BCUT2D eigenvalue weighted by Crippen LogP contribution is -1.93. The molecule has 1 heterocycles. The van der Waals surface area contributed by atoms with E-state index in [1.165, 1.54) is 5.56 Å². The third-order valence-electron chi connectivity index (χ3n) is 2.04. The van der Waals surface area contributed by atoms with Crippen molar-refractivity contribution in [3.05, 3.63) is 31.7 Å². The molecule has 0 fully saturated rings. The Morgan fingerprint density at radius 2 is 2.31 bits per heavy atom. The maximum absolute atomic E-state index is 11.1. The van der Waals surface area contributed by atoms with Crippen molar-refractivity contribution in [2.24, 2.45) is 0 Å². The van der Waals surface area contributed by atoms with Gasteiger partial charge in [0.2, 0.25) is 0 Å². The summed E-state index contributed by atoms with van der Waals surface area (Å²) in [5.41, 5.74) is 1.71. The average Bonchev–Trinajstić information content (AvgIpc) is 2.47. The van der Waals surface area contributed by atoms with Gasteiger partial charge in [-0.3, -0.25) is 0 Å². The van der Waals surface area contributed by atoms with E-state index in [9.17, 15) is 4.79 Å². The molecule has 68 valence electrons. The fourth-order valence-electron chi connectivity index (χ4n) is 1.30. The summed E-state index contributed by atoms with van der Waals surface area (Å²) in [6.07, 6.45) is 0.960. The summed E-state index contributed by atoms with van der Waals surface area (Å²) in [6.45, 7) is 2.08. The average molecular weight is 289 g/mol. The number of aromatic nitrogens is 1. The van der Waals surface area contributed by atoms with E-state index in [1.54, 1.807) is 0 Å². The minimum Gasteiger partial charge on any atom is -0.338 e. The summed E-state index contributed by atoms with van der Waals surface area (Å²) in [6, 6.07) is 3.82. The van der Waals surface area contributed by atoms with Crippen LogP contribution in [0.3, 0.4) is 0 Å². The second-order valence-corrected chi connectivity index (χ2v) is 4.00. The number of benzene rings is 1. The molecule has 0 aliphatic heterocycles. The maximum Gasteiger partial charge on any atom is 0.365 e. The van der Waals surface area contributed by atoms with Gasteiger partial charge in [0.25, 0.3) is 0 Å².